The first-order valence-corrected chi connectivity index (χ1v) is 2.97. The summed E-state index contributed by atoms with van der Waals surface area (Å²) < 4.78 is 36.0. The van der Waals surface area contributed by atoms with Gasteiger partial charge in [-0.3, -0.25) is 4.79 Å². The number of H-pyrrole nitrogens is 1. The predicted molar refractivity (Wildman–Crippen MR) is 34.3 cm³/mol. The van der Waals surface area contributed by atoms with Crippen LogP contribution in [-0.4, -0.2) is 10.9 Å². The highest BCUT2D eigenvalue weighted by molar-refractivity contribution is 5.92. The van der Waals surface area contributed by atoms with Crippen LogP contribution in [0.1, 0.15) is 16.1 Å². The minimum atomic E-state index is -4.54. The summed E-state index contributed by atoms with van der Waals surface area (Å²) in [6, 6.07) is 0.764. The lowest BCUT2D eigenvalue weighted by Crippen LogP contribution is -2.17. The van der Waals surface area contributed by atoms with Crippen LogP contribution in [0.4, 0.5) is 13.2 Å². The molecule has 0 fully saturated rings. The molecule has 6 heteroatoms. The number of halogens is 3. The van der Waals surface area contributed by atoms with E-state index < -0.39 is 23.3 Å². The van der Waals surface area contributed by atoms with Crippen LogP contribution in [0.3, 0.4) is 0 Å². The van der Waals surface area contributed by atoms with Crippen LogP contribution in [0, 0.1) is 0 Å². The largest absolute Gasteiger partial charge is 0.418 e. The summed E-state index contributed by atoms with van der Waals surface area (Å²) in [5.41, 5.74) is 3.04. The Hall–Kier alpha value is -1.46. The molecule has 66 valence electrons. The van der Waals surface area contributed by atoms with Crippen molar-refractivity contribution in [2.24, 2.45) is 5.73 Å². The van der Waals surface area contributed by atoms with Gasteiger partial charge in [-0.2, -0.15) is 13.2 Å². The monoisotopic (exact) mass is 178 g/mol. The average Bonchev–Trinajstić information content (AvgIpc) is 2.30. The Labute approximate surface area is 65.4 Å². The topological polar surface area (TPSA) is 58.9 Å². The number of hydrogen-bond donors (Lipinski definition) is 2. The van der Waals surface area contributed by atoms with E-state index in [-0.39, 0.29) is 0 Å². The minimum absolute atomic E-state index is 0.609. The van der Waals surface area contributed by atoms with Gasteiger partial charge < -0.3 is 10.7 Å². The van der Waals surface area contributed by atoms with Crippen molar-refractivity contribution >= 4 is 5.91 Å². The molecule has 0 aliphatic carbocycles. The van der Waals surface area contributed by atoms with Gasteiger partial charge in [-0.25, -0.2) is 0 Å². The third-order valence-corrected chi connectivity index (χ3v) is 1.30. The number of aromatic amines is 1. The number of carbonyl (C=O) groups excluding carboxylic acids is 1. The fraction of sp³-hybridized carbons (Fsp3) is 0.167. The molecule has 0 saturated carbocycles. The van der Waals surface area contributed by atoms with E-state index in [1.54, 1.807) is 0 Å². The number of amides is 1. The summed E-state index contributed by atoms with van der Waals surface area (Å²) >= 11 is 0. The quantitative estimate of drug-likeness (QED) is 0.665. The molecule has 0 bridgehead atoms. The second-order valence-electron chi connectivity index (χ2n) is 2.13. The predicted octanol–water partition coefficient (Wildman–Crippen LogP) is 1.13. The molecule has 1 aromatic rings. The zero-order chi connectivity index (χ0) is 9.35. The van der Waals surface area contributed by atoms with E-state index in [0.717, 1.165) is 12.3 Å². The molecular formula is C6H5F3N2O. The number of nitrogens with two attached hydrogens (primary N) is 1. The number of hydrogen-bond acceptors (Lipinski definition) is 1. The molecule has 1 aromatic heterocycles. The molecule has 0 aromatic carbocycles. The van der Waals surface area contributed by atoms with E-state index in [1.165, 1.54) is 0 Å². The Bertz CT molecular complexity index is 302. The van der Waals surface area contributed by atoms with Crippen molar-refractivity contribution in [3.63, 3.8) is 0 Å². The van der Waals surface area contributed by atoms with Crippen LogP contribution in [-0.2, 0) is 6.18 Å². The molecule has 1 rings (SSSR count). The summed E-state index contributed by atoms with van der Waals surface area (Å²) in [5.74, 6) is -1.12. The smallest absolute Gasteiger partial charge is 0.364 e. The summed E-state index contributed by atoms with van der Waals surface area (Å²) in [7, 11) is 0. The summed E-state index contributed by atoms with van der Waals surface area (Å²) in [5, 5.41) is 0. The van der Waals surface area contributed by atoms with Gasteiger partial charge in [0.05, 0.1) is 5.56 Å². The van der Waals surface area contributed by atoms with Crippen LogP contribution in [0.5, 0.6) is 0 Å². The molecule has 1 amide bonds. The number of nitrogens with one attached hydrogen (secondary N) is 1. The van der Waals surface area contributed by atoms with Gasteiger partial charge >= 0.3 is 6.18 Å². The highest BCUT2D eigenvalue weighted by Crippen LogP contribution is 2.31. The van der Waals surface area contributed by atoms with Crippen molar-refractivity contribution in [1.29, 1.82) is 0 Å². The number of carbonyl (C=O) groups is 1. The Morgan fingerprint density at radius 1 is 1.50 bits per heavy atom. The number of aromatic nitrogens is 1. The second kappa shape index (κ2) is 2.54. The molecule has 0 atom stereocenters. The van der Waals surface area contributed by atoms with E-state index in [2.05, 4.69) is 10.7 Å². The van der Waals surface area contributed by atoms with Crippen molar-refractivity contribution in [2.75, 3.05) is 0 Å². The number of primary amides is 1. The summed E-state index contributed by atoms with van der Waals surface area (Å²) in [6.07, 6.45) is -3.52. The van der Waals surface area contributed by atoms with Crippen molar-refractivity contribution in [3.05, 3.63) is 23.5 Å². The van der Waals surface area contributed by atoms with Crippen LogP contribution < -0.4 is 5.73 Å². The van der Waals surface area contributed by atoms with Gasteiger partial charge in [-0.15, -0.1) is 0 Å². The van der Waals surface area contributed by atoms with Crippen LogP contribution >= 0.6 is 0 Å². The maximum Gasteiger partial charge on any atom is 0.418 e. The number of alkyl halides is 3. The molecular weight excluding hydrogens is 173 g/mol. The normalized spacial score (nSPS) is 11.6. The summed E-state index contributed by atoms with van der Waals surface area (Å²) in [6.45, 7) is 0. The molecule has 0 radical (unpaired) electrons. The van der Waals surface area contributed by atoms with Crippen molar-refractivity contribution in [2.45, 2.75) is 6.18 Å². The fourth-order valence-corrected chi connectivity index (χ4v) is 0.810. The standard InChI is InChI=1S/C6H5F3N2O/c7-6(8,9)3-1-2-11-4(3)5(10)12/h1-2,11H,(H2,10,12). The third kappa shape index (κ3) is 1.41. The lowest BCUT2D eigenvalue weighted by Gasteiger charge is -2.04. The first kappa shape index (κ1) is 8.63. The molecule has 1 heterocycles. The van der Waals surface area contributed by atoms with E-state index in [1.807, 2.05) is 0 Å². The second-order valence-corrected chi connectivity index (χ2v) is 2.13. The van der Waals surface area contributed by atoms with E-state index in [4.69, 9.17) is 0 Å². The van der Waals surface area contributed by atoms with Crippen LogP contribution in [0.15, 0.2) is 12.3 Å². The van der Waals surface area contributed by atoms with Gasteiger partial charge in [0.1, 0.15) is 5.69 Å². The van der Waals surface area contributed by atoms with Gasteiger partial charge in [0.15, 0.2) is 0 Å². The Balaban J connectivity index is 3.17. The maximum atomic E-state index is 12.0. The molecule has 3 N–H and O–H groups in total. The average molecular weight is 178 g/mol. The molecule has 12 heavy (non-hydrogen) atoms. The molecule has 0 unspecified atom stereocenters. The van der Waals surface area contributed by atoms with Gasteiger partial charge in [-0.05, 0) is 6.07 Å². The molecule has 0 aliphatic rings. The highest BCUT2D eigenvalue weighted by atomic mass is 19.4. The number of rotatable bonds is 1. The van der Waals surface area contributed by atoms with Gasteiger partial charge in [0.2, 0.25) is 0 Å². The first-order valence-electron chi connectivity index (χ1n) is 2.97. The van der Waals surface area contributed by atoms with Gasteiger partial charge in [0, 0.05) is 6.20 Å². The van der Waals surface area contributed by atoms with E-state index in [9.17, 15) is 18.0 Å². The zero-order valence-corrected chi connectivity index (χ0v) is 5.77. The zero-order valence-electron chi connectivity index (χ0n) is 5.77. The first-order chi connectivity index (χ1) is 5.43. The Morgan fingerprint density at radius 2 is 2.08 bits per heavy atom. The highest BCUT2D eigenvalue weighted by Gasteiger charge is 2.35. The molecule has 0 aliphatic heterocycles. The fourth-order valence-electron chi connectivity index (χ4n) is 0.810. The Morgan fingerprint density at radius 3 is 2.42 bits per heavy atom. The maximum absolute atomic E-state index is 12.0. The minimum Gasteiger partial charge on any atom is -0.364 e. The Kier molecular flexibility index (Phi) is 1.83. The van der Waals surface area contributed by atoms with Crippen LogP contribution in [0.25, 0.3) is 0 Å². The van der Waals surface area contributed by atoms with Crippen LogP contribution in [0.2, 0.25) is 0 Å². The lowest BCUT2D eigenvalue weighted by molar-refractivity contribution is -0.137. The third-order valence-electron chi connectivity index (χ3n) is 1.30. The van der Waals surface area contributed by atoms with Gasteiger partial charge in [0.25, 0.3) is 5.91 Å². The van der Waals surface area contributed by atoms with E-state index in [0.29, 0.717) is 0 Å². The van der Waals surface area contributed by atoms with Crippen molar-refractivity contribution < 1.29 is 18.0 Å². The van der Waals surface area contributed by atoms with Crippen molar-refractivity contribution in [1.82, 2.24) is 4.98 Å². The molecule has 0 spiro atoms. The molecule has 3 nitrogen and oxygen atoms in total. The SMILES string of the molecule is NC(=O)c1[nH]ccc1C(F)(F)F. The summed E-state index contributed by atoms with van der Waals surface area (Å²) in [4.78, 5) is 12.5. The van der Waals surface area contributed by atoms with Gasteiger partial charge in [-0.1, -0.05) is 0 Å². The molecule has 0 saturated heterocycles. The van der Waals surface area contributed by atoms with E-state index >= 15 is 0 Å². The lowest BCUT2D eigenvalue weighted by atomic mass is 10.2. The van der Waals surface area contributed by atoms with Crippen molar-refractivity contribution in [3.8, 4) is 0 Å².